The smallest absolute Gasteiger partial charge is 0.267 e. The lowest BCUT2D eigenvalue weighted by molar-refractivity contribution is 0.0949. The van der Waals surface area contributed by atoms with Crippen molar-refractivity contribution in [1.82, 2.24) is 9.88 Å². The molecule has 0 aliphatic rings. The Labute approximate surface area is 110 Å². The van der Waals surface area contributed by atoms with E-state index in [0.717, 1.165) is 6.42 Å². The minimum Gasteiger partial charge on any atom is -0.506 e. The average Bonchev–Trinajstić information content (AvgIpc) is 2.43. The van der Waals surface area contributed by atoms with Crippen molar-refractivity contribution in [3.8, 4) is 5.75 Å². The number of aryl methyl sites for hydroxylation is 1. The van der Waals surface area contributed by atoms with E-state index in [1.54, 1.807) is 31.3 Å². The largest absolute Gasteiger partial charge is 0.506 e. The van der Waals surface area contributed by atoms with Gasteiger partial charge in [-0.1, -0.05) is 19.1 Å². The summed E-state index contributed by atoms with van der Waals surface area (Å²) in [5.74, 6) is -0.794. The minimum atomic E-state index is -0.536. The van der Waals surface area contributed by atoms with Gasteiger partial charge >= 0.3 is 0 Å². The Hall–Kier alpha value is -2.30. The van der Waals surface area contributed by atoms with Gasteiger partial charge in [-0.2, -0.15) is 0 Å². The lowest BCUT2D eigenvalue weighted by Gasteiger charge is -2.11. The molecular formula is C14H16N2O3. The van der Waals surface area contributed by atoms with E-state index < -0.39 is 11.5 Å². The number of fused-ring (bicyclic) bond motifs is 1. The number of amides is 1. The van der Waals surface area contributed by atoms with Crippen LogP contribution in [-0.2, 0) is 7.05 Å². The normalized spacial score (nSPS) is 10.6. The number of hydrogen-bond acceptors (Lipinski definition) is 3. The fraction of sp³-hybridized carbons (Fsp3) is 0.286. The van der Waals surface area contributed by atoms with Crippen LogP contribution >= 0.6 is 0 Å². The van der Waals surface area contributed by atoms with Crippen molar-refractivity contribution in [2.24, 2.45) is 7.05 Å². The van der Waals surface area contributed by atoms with E-state index in [2.05, 4.69) is 5.32 Å². The zero-order valence-electron chi connectivity index (χ0n) is 10.9. The van der Waals surface area contributed by atoms with Gasteiger partial charge < -0.3 is 15.0 Å². The summed E-state index contributed by atoms with van der Waals surface area (Å²) < 4.78 is 1.37. The van der Waals surface area contributed by atoms with Gasteiger partial charge in [0.05, 0.1) is 5.52 Å². The van der Waals surface area contributed by atoms with Crippen molar-refractivity contribution in [1.29, 1.82) is 0 Å². The summed E-state index contributed by atoms with van der Waals surface area (Å²) in [6.07, 6.45) is 0.764. The van der Waals surface area contributed by atoms with E-state index in [-0.39, 0.29) is 11.3 Å². The number of hydrogen-bond donors (Lipinski definition) is 2. The molecule has 19 heavy (non-hydrogen) atoms. The van der Waals surface area contributed by atoms with Gasteiger partial charge in [-0.15, -0.1) is 0 Å². The summed E-state index contributed by atoms with van der Waals surface area (Å²) in [5, 5.41) is 13.3. The van der Waals surface area contributed by atoms with Crippen molar-refractivity contribution >= 4 is 16.8 Å². The van der Waals surface area contributed by atoms with Crippen LogP contribution in [0.2, 0.25) is 0 Å². The summed E-state index contributed by atoms with van der Waals surface area (Å²) in [7, 11) is 1.58. The Morgan fingerprint density at radius 2 is 2.05 bits per heavy atom. The maximum Gasteiger partial charge on any atom is 0.267 e. The Balaban J connectivity index is 2.68. The number of aromatic nitrogens is 1. The molecule has 2 aromatic rings. The molecule has 0 aliphatic carbocycles. The molecule has 0 fully saturated rings. The van der Waals surface area contributed by atoms with Crippen molar-refractivity contribution in [2.75, 3.05) is 6.54 Å². The number of carbonyl (C=O) groups excluding carboxylic acids is 1. The summed E-state index contributed by atoms with van der Waals surface area (Å²) in [5.41, 5.74) is -0.100. The Morgan fingerprint density at radius 3 is 2.74 bits per heavy atom. The fourth-order valence-electron chi connectivity index (χ4n) is 2.01. The molecule has 0 radical (unpaired) electrons. The maximum absolute atomic E-state index is 12.2. The van der Waals surface area contributed by atoms with Gasteiger partial charge in [0.25, 0.3) is 11.5 Å². The number of benzene rings is 1. The van der Waals surface area contributed by atoms with Gasteiger partial charge in [-0.05, 0) is 18.6 Å². The van der Waals surface area contributed by atoms with Gasteiger partial charge in [-0.3, -0.25) is 9.59 Å². The molecular weight excluding hydrogens is 244 g/mol. The van der Waals surface area contributed by atoms with Crippen molar-refractivity contribution < 1.29 is 9.90 Å². The highest BCUT2D eigenvalue weighted by atomic mass is 16.3. The third-order valence-corrected chi connectivity index (χ3v) is 3.04. The van der Waals surface area contributed by atoms with Crippen molar-refractivity contribution in [3.05, 3.63) is 40.2 Å². The third-order valence-electron chi connectivity index (χ3n) is 3.04. The molecule has 0 saturated heterocycles. The molecule has 2 rings (SSSR count). The minimum absolute atomic E-state index is 0.199. The summed E-state index contributed by atoms with van der Waals surface area (Å²) in [4.78, 5) is 24.1. The van der Waals surface area contributed by atoms with Crippen LogP contribution in [0.1, 0.15) is 23.7 Å². The molecule has 1 amide bonds. The molecule has 0 aliphatic heterocycles. The molecule has 1 aromatic heterocycles. The first-order valence-electron chi connectivity index (χ1n) is 6.16. The Morgan fingerprint density at radius 1 is 1.37 bits per heavy atom. The number of aromatic hydroxyl groups is 1. The molecule has 5 nitrogen and oxygen atoms in total. The van der Waals surface area contributed by atoms with Crippen LogP contribution in [0.4, 0.5) is 0 Å². The van der Waals surface area contributed by atoms with Crippen molar-refractivity contribution in [2.45, 2.75) is 13.3 Å². The second-order valence-electron chi connectivity index (χ2n) is 4.36. The number of nitrogens with zero attached hydrogens (tertiary/aromatic N) is 1. The van der Waals surface area contributed by atoms with Gasteiger partial charge in [0, 0.05) is 19.0 Å². The zero-order chi connectivity index (χ0) is 14.0. The van der Waals surface area contributed by atoms with Crippen LogP contribution in [0, 0.1) is 0 Å². The van der Waals surface area contributed by atoms with Crippen LogP contribution in [0.15, 0.2) is 29.1 Å². The zero-order valence-corrected chi connectivity index (χ0v) is 10.9. The van der Waals surface area contributed by atoms with Crippen LogP contribution in [0.5, 0.6) is 5.75 Å². The molecule has 2 N–H and O–H groups in total. The molecule has 5 heteroatoms. The van der Waals surface area contributed by atoms with E-state index in [1.165, 1.54) is 4.57 Å². The Kier molecular flexibility index (Phi) is 3.55. The highest BCUT2D eigenvalue weighted by molar-refractivity contribution is 6.02. The van der Waals surface area contributed by atoms with Gasteiger partial charge in [0.15, 0.2) is 0 Å². The van der Waals surface area contributed by atoms with E-state index >= 15 is 0 Å². The molecule has 0 spiro atoms. The lowest BCUT2D eigenvalue weighted by Crippen LogP contribution is -2.32. The number of para-hydroxylation sites is 1. The van der Waals surface area contributed by atoms with Crippen LogP contribution in [0.25, 0.3) is 10.9 Å². The molecule has 0 atom stereocenters. The maximum atomic E-state index is 12.2. The van der Waals surface area contributed by atoms with E-state index in [1.807, 2.05) is 6.92 Å². The first-order chi connectivity index (χ1) is 9.07. The molecule has 0 saturated carbocycles. The molecule has 1 heterocycles. The lowest BCUT2D eigenvalue weighted by atomic mass is 10.1. The second kappa shape index (κ2) is 5.14. The highest BCUT2D eigenvalue weighted by Crippen LogP contribution is 2.25. The van der Waals surface area contributed by atoms with Crippen molar-refractivity contribution in [3.63, 3.8) is 0 Å². The third kappa shape index (κ3) is 2.19. The van der Waals surface area contributed by atoms with E-state index in [0.29, 0.717) is 17.4 Å². The van der Waals surface area contributed by atoms with E-state index in [9.17, 15) is 14.7 Å². The van der Waals surface area contributed by atoms with Crippen LogP contribution in [0.3, 0.4) is 0 Å². The quantitative estimate of drug-likeness (QED) is 0.876. The van der Waals surface area contributed by atoms with Gasteiger partial charge in [0.2, 0.25) is 0 Å². The number of nitrogens with one attached hydrogen (secondary N) is 1. The van der Waals surface area contributed by atoms with Crippen LogP contribution in [-0.4, -0.2) is 22.1 Å². The molecule has 0 bridgehead atoms. The van der Waals surface area contributed by atoms with Gasteiger partial charge in [-0.25, -0.2) is 0 Å². The number of carbonyl (C=O) groups is 1. The summed E-state index contributed by atoms with van der Waals surface area (Å²) in [6, 6.07) is 6.93. The molecule has 0 unspecified atom stereocenters. The summed E-state index contributed by atoms with van der Waals surface area (Å²) >= 11 is 0. The average molecular weight is 260 g/mol. The standard InChI is InChI=1S/C14H16N2O3/c1-3-8-15-13(18)11-12(17)9-6-4-5-7-10(9)16(2)14(11)19/h4-7,17H,3,8H2,1-2H3,(H,15,18). The molecule has 1 aromatic carbocycles. The fourth-order valence-corrected chi connectivity index (χ4v) is 2.01. The number of pyridine rings is 1. The SMILES string of the molecule is CCCNC(=O)c1c(O)c2ccccc2n(C)c1=O. The summed E-state index contributed by atoms with van der Waals surface area (Å²) in [6.45, 7) is 2.38. The highest BCUT2D eigenvalue weighted by Gasteiger charge is 2.20. The predicted molar refractivity (Wildman–Crippen MR) is 73.5 cm³/mol. The second-order valence-corrected chi connectivity index (χ2v) is 4.36. The first-order valence-corrected chi connectivity index (χ1v) is 6.16. The predicted octanol–water partition coefficient (Wildman–Crippen LogP) is 1.38. The van der Waals surface area contributed by atoms with Crippen LogP contribution < -0.4 is 10.9 Å². The van der Waals surface area contributed by atoms with E-state index in [4.69, 9.17) is 0 Å². The monoisotopic (exact) mass is 260 g/mol. The first kappa shape index (κ1) is 13.1. The topological polar surface area (TPSA) is 71.3 Å². The Bertz CT molecular complexity index is 689. The number of rotatable bonds is 3. The van der Waals surface area contributed by atoms with Gasteiger partial charge in [0.1, 0.15) is 11.3 Å². The molecule has 100 valence electrons.